The number of carbonyl (C=O) groups is 4. The fourth-order valence-electron chi connectivity index (χ4n) is 13.4. The van der Waals surface area contributed by atoms with Crippen molar-refractivity contribution in [3.63, 3.8) is 0 Å². The summed E-state index contributed by atoms with van der Waals surface area (Å²) in [6.07, 6.45) is 14.4. The number of aryl methyl sites for hydroxylation is 3. The monoisotopic (exact) mass is 1420 g/mol. The first-order chi connectivity index (χ1) is 48.8. The molecule has 18 nitrogen and oxygen atoms in total. The van der Waals surface area contributed by atoms with E-state index in [0.717, 1.165) is 134 Å². The van der Waals surface area contributed by atoms with Crippen molar-refractivity contribution in [1.82, 2.24) is 39.9 Å². The number of carbonyl (C=O) groups excluding carboxylic acids is 4. The van der Waals surface area contributed by atoms with E-state index < -0.39 is 17.5 Å². The van der Waals surface area contributed by atoms with Crippen LogP contribution in [0.3, 0.4) is 0 Å². The van der Waals surface area contributed by atoms with E-state index >= 15 is 0 Å². The van der Waals surface area contributed by atoms with Gasteiger partial charge in [-0.25, -0.2) is 32.5 Å². The fourth-order valence-corrected chi connectivity index (χ4v) is 13.7. The number of pyridine rings is 4. The van der Waals surface area contributed by atoms with Crippen molar-refractivity contribution in [2.75, 3.05) is 32.7 Å². The van der Waals surface area contributed by atoms with Gasteiger partial charge in [0.05, 0.1) is 85.7 Å². The maximum Gasteiger partial charge on any atom is 0.167 e. The molecule has 0 amide bonds. The van der Waals surface area contributed by atoms with Crippen LogP contribution in [0.4, 0.5) is 74.7 Å². The summed E-state index contributed by atoms with van der Waals surface area (Å²) in [6.45, 7) is 4.28. The molecular formula is C78H69BrF4N14O4. The number of benzene rings is 4. The van der Waals surface area contributed by atoms with E-state index in [-0.39, 0.29) is 51.3 Å². The number of ketones is 4. The molecule has 101 heavy (non-hydrogen) atoms. The van der Waals surface area contributed by atoms with E-state index in [9.17, 15) is 36.7 Å². The van der Waals surface area contributed by atoms with Crippen molar-refractivity contribution >= 4 is 96.2 Å². The first-order valence-corrected chi connectivity index (χ1v) is 33.8. The minimum Gasteiger partial charge on any atom is -0.384 e. The van der Waals surface area contributed by atoms with Gasteiger partial charge in [-0.2, -0.15) is 0 Å². The highest BCUT2D eigenvalue weighted by Crippen LogP contribution is 2.46. The predicted molar refractivity (Wildman–Crippen MR) is 390 cm³/mol. The molecule has 0 saturated carbocycles. The van der Waals surface area contributed by atoms with E-state index in [1.54, 1.807) is 42.9 Å². The quantitative estimate of drug-likeness (QED) is 0.0402. The highest BCUT2D eigenvalue weighted by Gasteiger charge is 2.37. The van der Waals surface area contributed by atoms with Crippen molar-refractivity contribution in [2.24, 2.45) is 5.41 Å². The molecule has 8 heterocycles. The molecule has 12 N–H and O–H groups in total. The van der Waals surface area contributed by atoms with Gasteiger partial charge in [-0.15, -0.1) is 0 Å². The van der Waals surface area contributed by atoms with Crippen LogP contribution >= 0.6 is 15.9 Å². The molecule has 16 rings (SSSR count). The summed E-state index contributed by atoms with van der Waals surface area (Å²) in [4.78, 5) is 79.5. The van der Waals surface area contributed by atoms with Crippen LogP contribution in [0.1, 0.15) is 123 Å². The Morgan fingerprint density at radius 3 is 1.21 bits per heavy atom. The van der Waals surface area contributed by atoms with Gasteiger partial charge < -0.3 is 52.7 Å². The highest BCUT2D eigenvalue weighted by atomic mass is 79.9. The number of nitrogens with one attached hydrogen (secondary N) is 8. The zero-order chi connectivity index (χ0) is 70.5. The molecule has 0 atom stereocenters. The summed E-state index contributed by atoms with van der Waals surface area (Å²) in [6, 6.07) is 42.8. The average Bonchev–Trinajstić information content (AvgIpc) is 1.64. The lowest BCUT2D eigenvalue weighted by Crippen LogP contribution is -2.26. The number of Topliss-reactive ketones (excluding diaryl/α,β-unsaturated/α-hetero) is 4. The molecular weight excluding hydrogens is 1350 g/mol. The molecule has 4 aliphatic rings. The zero-order valence-corrected chi connectivity index (χ0v) is 56.6. The summed E-state index contributed by atoms with van der Waals surface area (Å²) >= 11 is 3.44. The maximum absolute atomic E-state index is 14.3. The van der Waals surface area contributed by atoms with E-state index in [4.69, 9.17) is 11.5 Å². The smallest absolute Gasteiger partial charge is 0.167 e. The SMILES string of the molecule is CC1(C)CC(=O)c2c([nH]c(-c3ccnc(Br)c3)c2Nc2ccccc2)C1.Nc1cc(-c2[nH]c3c(c2Nc2cccc(F)c2)C(=O)CCC3)ccn1.Nc1cc(-c2[nH]c3c(c2Nc2ccccc2)C(=O)CCC3)ccn1.O=C1CCCc2[nH]c(-c3c(F)cncc3F)c(Nc3cccc(F)c3)c21. The van der Waals surface area contributed by atoms with Crippen molar-refractivity contribution in [3.8, 4) is 45.0 Å². The molecule has 0 aliphatic heterocycles. The van der Waals surface area contributed by atoms with Gasteiger partial charge in [0, 0.05) is 106 Å². The van der Waals surface area contributed by atoms with Gasteiger partial charge in [0.15, 0.2) is 34.8 Å². The number of nitrogen functional groups attached to an aromatic ring is 2. The Balaban J connectivity index is 0.000000120. The zero-order valence-electron chi connectivity index (χ0n) is 55.0. The van der Waals surface area contributed by atoms with Gasteiger partial charge in [-0.1, -0.05) is 62.4 Å². The first kappa shape index (κ1) is 67.8. The van der Waals surface area contributed by atoms with Crippen LogP contribution in [0.25, 0.3) is 45.0 Å². The lowest BCUT2D eigenvalue weighted by molar-refractivity contribution is 0.0909. The second-order valence-corrected chi connectivity index (χ2v) is 26.5. The van der Waals surface area contributed by atoms with Crippen LogP contribution in [0.2, 0.25) is 0 Å². The van der Waals surface area contributed by atoms with Crippen LogP contribution in [-0.4, -0.2) is 63.0 Å². The predicted octanol–water partition coefficient (Wildman–Crippen LogP) is 18.5. The number of anilines is 10. The van der Waals surface area contributed by atoms with Crippen LogP contribution in [0, 0.1) is 28.7 Å². The topological polar surface area (TPSA) is 283 Å². The number of H-pyrrole nitrogens is 4. The molecule has 510 valence electrons. The number of nitrogens with zero attached hydrogens (tertiary/aromatic N) is 4. The minimum atomic E-state index is -0.849. The maximum atomic E-state index is 14.3. The van der Waals surface area contributed by atoms with E-state index in [1.807, 2.05) is 91.0 Å². The van der Waals surface area contributed by atoms with Crippen molar-refractivity contribution < 1.29 is 36.7 Å². The summed E-state index contributed by atoms with van der Waals surface area (Å²) in [7, 11) is 0. The van der Waals surface area contributed by atoms with Crippen LogP contribution < -0.4 is 32.7 Å². The molecule has 0 unspecified atom stereocenters. The summed E-state index contributed by atoms with van der Waals surface area (Å²) in [5.41, 5.74) is 28.3. The number of fused-ring (bicyclic) bond motifs is 4. The average molecular weight is 1420 g/mol. The Hall–Kier alpha value is -11.7. The lowest BCUT2D eigenvalue weighted by Gasteiger charge is -2.28. The summed E-state index contributed by atoms with van der Waals surface area (Å²) in [5.74, 6) is -1.32. The molecule has 4 aromatic carbocycles. The largest absolute Gasteiger partial charge is 0.384 e. The standard InChI is InChI=1S/C21H20BrN3O.C19H14F3N3O.C19H17FN4O.C19H18N4O/c1-21(2)11-15-18(16(26)12-21)20(24-14-6-4-3-5-7-14)19(25-15)13-8-9-23-17(22)10-13;20-10-3-1-4-11(7-10)24-19-17-14(5-2-6-15(17)26)25-18(19)16-12(21)8-23-9-13(16)22;20-12-3-1-4-13(10-12)23-19-17-14(5-2-6-15(17)25)24-18(19)11-7-8-22-16(21)9-11;20-16-11-12(9-10-21-16)18-19(22-13-5-2-1-3-6-13)17-14(23-18)7-4-8-15(17)24/h3-10,24-25H,11-12H2,1-2H3;1,3-4,7-9,24-25H,2,5-6H2;1,3-4,7-10,23-24H,2,5-6H2,(H2,21,22);1-3,5-6,9-11,22-23H,4,7-8H2,(H2,20,21). The third-order valence-corrected chi connectivity index (χ3v) is 18.2. The number of nitrogens with two attached hydrogens (primary N) is 2. The van der Waals surface area contributed by atoms with Crippen LogP contribution in [0.5, 0.6) is 0 Å². The number of hydrogen-bond acceptors (Lipinski definition) is 14. The van der Waals surface area contributed by atoms with E-state index in [2.05, 4.69) is 90.9 Å². The number of para-hydroxylation sites is 2. The fraction of sp³-hybridized carbons (Fsp3) is 0.179. The third kappa shape index (κ3) is 15.1. The summed E-state index contributed by atoms with van der Waals surface area (Å²) in [5, 5.41) is 13.1. The molecule has 0 saturated heterocycles. The van der Waals surface area contributed by atoms with Crippen LogP contribution in [-0.2, 0) is 25.7 Å². The van der Waals surface area contributed by atoms with Gasteiger partial charge >= 0.3 is 0 Å². The number of halogens is 5. The molecule has 23 heteroatoms. The van der Waals surface area contributed by atoms with Gasteiger partial charge in [-0.05, 0) is 163 Å². The molecule has 4 aliphatic carbocycles. The van der Waals surface area contributed by atoms with Gasteiger partial charge in [-0.3, -0.25) is 24.2 Å². The van der Waals surface area contributed by atoms with E-state index in [0.29, 0.717) is 84.0 Å². The molecule has 0 spiro atoms. The molecule has 0 radical (unpaired) electrons. The molecule has 12 aromatic rings. The Morgan fingerprint density at radius 1 is 0.406 bits per heavy atom. The Morgan fingerprint density at radius 2 is 0.782 bits per heavy atom. The van der Waals surface area contributed by atoms with Crippen LogP contribution in [0.15, 0.2) is 181 Å². The normalized spacial score (nSPS) is 14.1. The highest BCUT2D eigenvalue weighted by molar-refractivity contribution is 9.10. The molecule has 0 fully saturated rings. The number of rotatable bonds is 12. The van der Waals surface area contributed by atoms with Gasteiger partial charge in [0.1, 0.15) is 27.9 Å². The molecule has 8 aromatic heterocycles. The third-order valence-electron chi connectivity index (χ3n) is 17.7. The molecule has 0 bridgehead atoms. The lowest BCUT2D eigenvalue weighted by atomic mass is 9.76. The minimum absolute atomic E-state index is 0.0327. The van der Waals surface area contributed by atoms with Crippen molar-refractivity contribution in [3.05, 3.63) is 249 Å². The number of aromatic nitrogens is 8. The Labute approximate surface area is 586 Å². The number of aromatic amines is 4. The van der Waals surface area contributed by atoms with Crippen molar-refractivity contribution in [2.45, 2.75) is 84.5 Å². The first-order valence-electron chi connectivity index (χ1n) is 33.0. The van der Waals surface area contributed by atoms with Gasteiger partial charge in [0.25, 0.3) is 0 Å². The Kier molecular flexibility index (Phi) is 19.7. The second kappa shape index (κ2) is 29.4. The Bertz CT molecular complexity index is 5100. The summed E-state index contributed by atoms with van der Waals surface area (Å²) < 4.78 is 56.4. The van der Waals surface area contributed by atoms with Gasteiger partial charge in [0.2, 0.25) is 0 Å². The second-order valence-electron chi connectivity index (χ2n) is 25.7. The number of hydrogen-bond donors (Lipinski definition) is 10. The van der Waals surface area contributed by atoms with E-state index in [1.165, 1.54) is 30.3 Å². The van der Waals surface area contributed by atoms with Crippen molar-refractivity contribution in [1.29, 1.82) is 0 Å².